The zero-order valence-corrected chi connectivity index (χ0v) is 14.7. The summed E-state index contributed by atoms with van der Waals surface area (Å²) >= 11 is 0. The third kappa shape index (κ3) is 6.41. The van der Waals surface area contributed by atoms with Gasteiger partial charge in [-0.05, 0) is 45.5 Å². The van der Waals surface area contributed by atoms with Gasteiger partial charge in [0, 0.05) is 12.7 Å². The number of nitrogens with one attached hydrogen (secondary N) is 1. The van der Waals surface area contributed by atoms with E-state index in [1.807, 2.05) is 57.4 Å². The standard InChI is InChI=1S/C20H30N2O/c1-5-12-17(2)19(15-10-7-11-16-21-3)20(23)22(4)18-13-8-6-9-14-18/h5-6,8-9,12-14,19,21H,1,7,10-11,15-16H2,2-4H3/b17-12-. The summed E-state index contributed by atoms with van der Waals surface area (Å²) in [5, 5.41) is 3.16. The van der Waals surface area contributed by atoms with Gasteiger partial charge in [0.15, 0.2) is 0 Å². The van der Waals surface area contributed by atoms with Crippen molar-refractivity contribution < 1.29 is 4.79 Å². The van der Waals surface area contributed by atoms with Crippen LogP contribution in [0.4, 0.5) is 5.69 Å². The second kappa shape index (κ2) is 10.8. The van der Waals surface area contributed by atoms with E-state index < -0.39 is 0 Å². The fraction of sp³-hybridized carbons (Fsp3) is 0.450. The van der Waals surface area contributed by atoms with E-state index >= 15 is 0 Å². The summed E-state index contributed by atoms with van der Waals surface area (Å²) in [5.41, 5.74) is 2.02. The van der Waals surface area contributed by atoms with E-state index in [9.17, 15) is 4.79 Å². The van der Waals surface area contributed by atoms with Crippen molar-refractivity contribution in [1.82, 2.24) is 5.32 Å². The number of allylic oxidation sites excluding steroid dienone is 2. The minimum absolute atomic E-state index is 0.0761. The predicted molar refractivity (Wildman–Crippen MR) is 99.7 cm³/mol. The molecule has 3 nitrogen and oxygen atoms in total. The molecule has 0 saturated heterocycles. The van der Waals surface area contributed by atoms with Crippen molar-refractivity contribution in [3.05, 3.63) is 54.6 Å². The number of benzene rings is 1. The molecule has 0 saturated carbocycles. The molecule has 0 radical (unpaired) electrons. The SMILES string of the molecule is C=C/C=C(/C)C(CCCCCNC)C(=O)N(C)c1ccccc1. The van der Waals surface area contributed by atoms with Gasteiger partial charge < -0.3 is 10.2 Å². The lowest BCUT2D eigenvalue weighted by Gasteiger charge is -2.24. The first-order chi connectivity index (χ1) is 11.1. The van der Waals surface area contributed by atoms with Gasteiger partial charge in [0.25, 0.3) is 0 Å². The van der Waals surface area contributed by atoms with Gasteiger partial charge in [0.05, 0.1) is 5.92 Å². The fourth-order valence-corrected chi connectivity index (χ4v) is 2.69. The maximum Gasteiger partial charge on any atom is 0.233 e. The second-order valence-electron chi connectivity index (χ2n) is 5.88. The average molecular weight is 314 g/mol. The van der Waals surface area contributed by atoms with Crippen molar-refractivity contribution in [3.63, 3.8) is 0 Å². The monoisotopic (exact) mass is 314 g/mol. The second-order valence-corrected chi connectivity index (χ2v) is 5.88. The molecular weight excluding hydrogens is 284 g/mol. The van der Waals surface area contributed by atoms with E-state index in [4.69, 9.17) is 0 Å². The van der Waals surface area contributed by atoms with Crippen LogP contribution in [0.15, 0.2) is 54.6 Å². The Bertz CT molecular complexity index is 508. The minimum atomic E-state index is -0.0761. The van der Waals surface area contributed by atoms with E-state index in [0.717, 1.165) is 43.5 Å². The molecule has 1 atom stereocenters. The smallest absolute Gasteiger partial charge is 0.233 e. The number of unbranched alkanes of at least 4 members (excludes halogenated alkanes) is 2. The first-order valence-corrected chi connectivity index (χ1v) is 8.38. The molecule has 0 aliphatic rings. The number of hydrogen-bond donors (Lipinski definition) is 1. The van der Waals surface area contributed by atoms with E-state index in [1.165, 1.54) is 0 Å². The van der Waals surface area contributed by atoms with Gasteiger partial charge >= 0.3 is 0 Å². The van der Waals surface area contributed by atoms with Crippen LogP contribution in [0, 0.1) is 5.92 Å². The van der Waals surface area contributed by atoms with Crippen molar-refractivity contribution in [2.24, 2.45) is 5.92 Å². The quantitative estimate of drug-likeness (QED) is 0.519. The molecule has 1 amide bonds. The molecule has 0 heterocycles. The zero-order valence-electron chi connectivity index (χ0n) is 14.7. The summed E-state index contributed by atoms with van der Waals surface area (Å²) in [6.45, 7) is 6.81. The van der Waals surface area contributed by atoms with Crippen molar-refractivity contribution in [1.29, 1.82) is 0 Å². The molecule has 0 fully saturated rings. The molecular formula is C20H30N2O. The van der Waals surface area contributed by atoms with Gasteiger partial charge in [-0.15, -0.1) is 0 Å². The Labute approximate surface area is 141 Å². The molecule has 1 aromatic rings. The topological polar surface area (TPSA) is 32.3 Å². The molecule has 3 heteroatoms. The van der Waals surface area contributed by atoms with E-state index in [0.29, 0.717) is 0 Å². The zero-order chi connectivity index (χ0) is 17.1. The van der Waals surface area contributed by atoms with Gasteiger partial charge in [0.1, 0.15) is 0 Å². The van der Waals surface area contributed by atoms with Crippen molar-refractivity contribution in [2.45, 2.75) is 32.6 Å². The normalized spacial score (nSPS) is 12.7. The molecule has 1 N–H and O–H groups in total. The van der Waals surface area contributed by atoms with Crippen LogP contribution in [0.5, 0.6) is 0 Å². The van der Waals surface area contributed by atoms with Crippen LogP contribution in [0.3, 0.4) is 0 Å². The Morgan fingerprint density at radius 2 is 1.96 bits per heavy atom. The summed E-state index contributed by atoms with van der Waals surface area (Å²) in [5.74, 6) is 0.0770. The number of hydrogen-bond acceptors (Lipinski definition) is 2. The summed E-state index contributed by atoms with van der Waals surface area (Å²) in [7, 11) is 3.82. The van der Waals surface area contributed by atoms with E-state index in [1.54, 1.807) is 11.0 Å². The van der Waals surface area contributed by atoms with Crippen LogP contribution < -0.4 is 10.2 Å². The molecule has 0 aliphatic heterocycles. The maximum atomic E-state index is 12.9. The predicted octanol–water partition coefficient (Wildman–Crippen LogP) is 4.18. The Kier molecular flexibility index (Phi) is 9.00. The molecule has 0 aliphatic carbocycles. The first kappa shape index (κ1) is 19.2. The Hall–Kier alpha value is -1.87. The molecule has 1 aromatic carbocycles. The lowest BCUT2D eigenvalue weighted by molar-refractivity contribution is -0.121. The number of rotatable bonds is 10. The summed E-state index contributed by atoms with van der Waals surface area (Å²) in [6.07, 6.45) is 7.95. The molecule has 0 spiro atoms. The Morgan fingerprint density at radius 3 is 2.57 bits per heavy atom. The van der Waals surface area contributed by atoms with Gasteiger partial charge in [-0.25, -0.2) is 0 Å². The third-order valence-corrected chi connectivity index (χ3v) is 4.12. The third-order valence-electron chi connectivity index (χ3n) is 4.12. The lowest BCUT2D eigenvalue weighted by atomic mass is 9.92. The maximum absolute atomic E-state index is 12.9. The highest BCUT2D eigenvalue weighted by molar-refractivity contribution is 5.96. The number of carbonyl (C=O) groups excluding carboxylic acids is 1. The highest BCUT2D eigenvalue weighted by atomic mass is 16.2. The van der Waals surface area contributed by atoms with Crippen molar-refractivity contribution >= 4 is 11.6 Å². The Balaban J connectivity index is 2.76. The number of carbonyl (C=O) groups is 1. The van der Waals surface area contributed by atoms with Crippen molar-refractivity contribution in [3.8, 4) is 0 Å². The van der Waals surface area contributed by atoms with Crippen LogP contribution in [0.25, 0.3) is 0 Å². The molecule has 23 heavy (non-hydrogen) atoms. The molecule has 0 bridgehead atoms. The van der Waals surface area contributed by atoms with Gasteiger partial charge in [-0.2, -0.15) is 0 Å². The Morgan fingerprint density at radius 1 is 1.26 bits per heavy atom. The van der Waals surface area contributed by atoms with Crippen molar-refractivity contribution in [2.75, 3.05) is 25.5 Å². The lowest BCUT2D eigenvalue weighted by Crippen LogP contribution is -2.33. The van der Waals surface area contributed by atoms with Crippen LogP contribution >= 0.6 is 0 Å². The van der Waals surface area contributed by atoms with Crippen LogP contribution in [-0.4, -0.2) is 26.5 Å². The number of anilines is 1. The van der Waals surface area contributed by atoms with Crippen LogP contribution in [-0.2, 0) is 4.79 Å². The van der Waals surface area contributed by atoms with Gasteiger partial charge in [-0.3, -0.25) is 4.79 Å². The molecule has 126 valence electrons. The number of para-hydroxylation sites is 1. The molecule has 1 rings (SSSR count). The van der Waals surface area contributed by atoms with Gasteiger partial charge in [0.2, 0.25) is 5.91 Å². The fourth-order valence-electron chi connectivity index (χ4n) is 2.69. The van der Waals surface area contributed by atoms with Crippen LogP contribution in [0.1, 0.15) is 32.6 Å². The number of nitrogens with zero attached hydrogens (tertiary/aromatic N) is 1. The number of amides is 1. The largest absolute Gasteiger partial charge is 0.320 e. The summed E-state index contributed by atoms with van der Waals surface area (Å²) < 4.78 is 0. The summed E-state index contributed by atoms with van der Waals surface area (Å²) in [4.78, 5) is 14.7. The minimum Gasteiger partial charge on any atom is -0.320 e. The van der Waals surface area contributed by atoms with E-state index in [2.05, 4.69) is 11.9 Å². The van der Waals surface area contributed by atoms with Crippen LogP contribution in [0.2, 0.25) is 0 Å². The highest BCUT2D eigenvalue weighted by Crippen LogP contribution is 2.24. The first-order valence-electron chi connectivity index (χ1n) is 8.38. The molecule has 0 aromatic heterocycles. The average Bonchev–Trinajstić information content (AvgIpc) is 2.58. The summed E-state index contributed by atoms with van der Waals surface area (Å²) in [6, 6.07) is 9.81. The highest BCUT2D eigenvalue weighted by Gasteiger charge is 2.23. The van der Waals surface area contributed by atoms with Gasteiger partial charge in [-0.1, -0.05) is 55.3 Å². The van der Waals surface area contributed by atoms with E-state index in [-0.39, 0.29) is 11.8 Å². The molecule has 1 unspecified atom stereocenters.